The minimum Gasteiger partial charge on any atom is -0.512 e. The summed E-state index contributed by atoms with van der Waals surface area (Å²) in [6.45, 7) is 0. The Morgan fingerprint density at radius 1 is 1.30 bits per heavy atom. The predicted octanol–water partition coefficient (Wildman–Crippen LogP) is 3.20. The number of halogens is 4. The van der Waals surface area contributed by atoms with E-state index in [0.717, 1.165) is 12.1 Å². The van der Waals surface area contributed by atoms with Crippen LogP contribution in [0.3, 0.4) is 0 Å². The number of pyridine rings is 1. The Morgan fingerprint density at radius 3 is 2.47 bits per heavy atom. The van der Waals surface area contributed by atoms with Gasteiger partial charge in [-0.2, -0.15) is 13.2 Å². The van der Waals surface area contributed by atoms with Crippen LogP contribution in [0.5, 0.6) is 0 Å². The number of benzene rings is 1. The summed E-state index contributed by atoms with van der Waals surface area (Å²) in [5.74, 6) is -1.90. The Labute approximate surface area is 169 Å². The van der Waals surface area contributed by atoms with Gasteiger partial charge in [-0.05, 0) is 30.0 Å². The molecule has 1 heterocycles. The van der Waals surface area contributed by atoms with Crippen molar-refractivity contribution in [2.45, 2.75) is 31.6 Å². The largest absolute Gasteiger partial charge is 0.512 e. The monoisotopic (exact) mass is 424 g/mol. The molecule has 1 aromatic carbocycles. The van der Waals surface area contributed by atoms with Crippen molar-refractivity contribution in [3.05, 3.63) is 59.7 Å². The Kier molecular flexibility index (Phi) is 5.71. The zero-order valence-electron chi connectivity index (χ0n) is 15.7. The van der Waals surface area contributed by atoms with Crippen LogP contribution in [-0.4, -0.2) is 28.3 Å². The van der Waals surface area contributed by atoms with Gasteiger partial charge in [0.15, 0.2) is 0 Å². The molecule has 30 heavy (non-hydrogen) atoms. The van der Waals surface area contributed by atoms with Gasteiger partial charge in [0.25, 0.3) is 0 Å². The maximum atomic E-state index is 14.0. The van der Waals surface area contributed by atoms with Crippen molar-refractivity contribution in [2.75, 3.05) is 5.73 Å². The number of alkyl halides is 3. The van der Waals surface area contributed by atoms with Gasteiger partial charge in [-0.3, -0.25) is 4.79 Å². The van der Waals surface area contributed by atoms with Gasteiger partial charge in [-0.15, -0.1) is 0 Å². The van der Waals surface area contributed by atoms with Gasteiger partial charge in [0.05, 0.1) is 12.6 Å². The lowest BCUT2D eigenvalue weighted by atomic mass is 10.0. The van der Waals surface area contributed by atoms with E-state index >= 15 is 0 Å². The quantitative estimate of drug-likeness (QED) is 0.323. The molecule has 10 heteroatoms. The van der Waals surface area contributed by atoms with E-state index in [1.165, 1.54) is 6.20 Å². The first-order valence-corrected chi connectivity index (χ1v) is 9.05. The highest BCUT2D eigenvalue weighted by atomic mass is 19.4. The summed E-state index contributed by atoms with van der Waals surface area (Å²) in [4.78, 5) is 15.9. The van der Waals surface area contributed by atoms with E-state index in [9.17, 15) is 27.5 Å². The van der Waals surface area contributed by atoms with E-state index in [1.54, 1.807) is 24.3 Å². The van der Waals surface area contributed by atoms with Crippen LogP contribution in [-0.2, 0) is 11.2 Å². The number of nitrogens with one attached hydrogen (secondary N) is 1. The molecular formula is C20H20F4N4O2. The number of anilines is 1. The molecule has 1 unspecified atom stereocenters. The molecule has 0 radical (unpaired) electrons. The first kappa shape index (κ1) is 21.6. The van der Waals surface area contributed by atoms with Crippen LogP contribution < -0.4 is 16.8 Å². The standard InChI is InChI=1S/C20H20F4N4O2/c21-14-8-16(25)27-10-13(14)12-3-1-11(2-4-12)7-18(30)28-17(26)9-15(29)19(5-6-19)20(22,23)24/h1-4,8-10,17,29H,5-7,26H2,(H2,25,27)(H,28,30)/b15-9-. The van der Waals surface area contributed by atoms with Crippen LogP contribution in [0, 0.1) is 11.2 Å². The number of nitrogen functional groups attached to an aromatic ring is 1. The molecule has 6 N–H and O–H groups in total. The van der Waals surface area contributed by atoms with E-state index in [1.807, 2.05) is 0 Å². The van der Waals surface area contributed by atoms with Gasteiger partial charge in [-0.25, -0.2) is 9.37 Å². The van der Waals surface area contributed by atoms with Crippen LogP contribution in [0.4, 0.5) is 23.4 Å². The number of nitrogens with zero attached hydrogens (tertiary/aromatic N) is 1. The molecule has 0 aliphatic heterocycles. The van der Waals surface area contributed by atoms with E-state index < -0.39 is 35.2 Å². The molecule has 3 rings (SSSR count). The number of aliphatic hydroxyl groups excluding tert-OH is 1. The van der Waals surface area contributed by atoms with Gasteiger partial charge < -0.3 is 21.9 Å². The Hall–Kier alpha value is -3.14. The fourth-order valence-corrected chi connectivity index (χ4v) is 3.06. The molecule has 1 aromatic heterocycles. The second-order valence-electron chi connectivity index (χ2n) is 7.19. The number of hydrogen-bond acceptors (Lipinski definition) is 5. The topological polar surface area (TPSA) is 114 Å². The van der Waals surface area contributed by atoms with E-state index in [2.05, 4.69) is 10.3 Å². The van der Waals surface area contributed by atoms with Gasteiger partial charge in [-0.1, -0.05) is 24.3 Å². The molecule has 0 spiro atoms. The maximum absolute atomic E-state index is 14.0. The summed E-state index contributed by atoms with van der Waals surface area (Å²) in [5.41, 5.74) is 10.2. The summed E-state index contributed by atoms with van der Waals surface area (Å²) < 4.78 is 52.9. The Bertz CT molecular complexity index is 970. The van der Waals surface area contributed by atoms with Gasteiger partial charge >= 0.3 is 6.18 Å². The molecule has 1 aliphatic carbocycles. The smallest absolute Gasteiger partial charge is 0.401 e. The summed E-state index contributed by atoms with van der Waals surface area (Å²) in [6.07, 6.45) is -4.26. The number of carbonyl (C=O) groups excluding carboxylic acids is 1. The Morgan fingerprint density at radius 2 is 1.93 bits per heavy atom. The molecule has 0 saturated heterocycles. The minimum atomic E-state index is -4.57. The van der Waals surface area contributed by atoms with Crippen LogP contribution in [0.2, 0.25) is 0 Å². The molecule has 2 aromatic rings. The van der Waals surface area contributed by atoms with E-state index in [4.69, 9.17) is 11.5 Å². The summed E-state index contributed by atoms with van der Waals surface area (Å²) in [7, 11) is 0. The summed E-state index contributed by atoms with van der Waals surface area (Å²) >= 11 is 0. The predicted molar refractivity (Wildman–Crippen MR) is 102 cm³/mol. The van der Waals surface area contributed by atoms with E-state index in [-0.39, 0.29) is 30.6 Å². The third-order valence-corrected chi connectivity index (χ3v) is 4.95. The average Bonchev–Trinajstić information content (AvgIpc) is 3.44. The second-order valence-corrected chi connectivity index (χ2v) is 7.19. The number of hydrogen-bond donors (Lipinski definition) is 4. The number of carbonyl (C=O) groups is 1. The van der Waals surface area contributed by atoms with Crippen molar-refractivity contribution >= 4 is 11.7 Å². The van der Waals surface area contributed by atoms with Crippen molar-refractivity contribution in [1.82, 2.24) is 10.3 Å². The molecule has 0 bridgehead atoms. The highest BCUT2D eigenvalue weighted by Gasteiger charge is 2.66. The number of amides is 1. The number of aromatic nitrogens is 1. The minimum absolute atomic E-state index is 0.0591. The van der Waals surface area contributed by atoms with Crippen LogP contribution in [0.1, 0.15) is 18.4 Å². The van der Waals surface area contributed by atoms with Gasteiger partial charge in [0.2, 0.25) is 5.91 Å². The van der Waals surface area contributed by atoms with Crippen molar-refractivity contribution in [1.29, 1.82) is 0 Å². The van der Waals surface area contributed by atoms with Crippen LogP contribution in [0.15, 0.2) is 48.4 Å². The van der Waals surface area contributed by atoms with Gasteiger partial charge in [0.1, 0.15) is 22.8 Å². The number of nitrogens with two attached hydrogens (primary N) is 2. The molecule has 1 saturated carbocycles. The first-order valence-electron chi connectivity index (χ1n) is 9.05. The number of allylic oxidation sites excluding steroid dienone is 1. The molecule has 6 nitrogen and oxygen atoms in total. The first-order chi connectivity index (χ1) is 14.0. The fraction of sp³-hybridized carbons (Fsp3) is 0.300. The third kappa shape index (κ3) is 4.54. The van der Waals surface area contributed by atoms with Gasteiger partial charge in [0, 0.05) is 17.8 Å². The van der Waals surface area contributed by atoms with Crippen LogP contribution >= 0.6 is 0 Å². The highest BCUT2D eigenvalue weighted by Crippen LogP contribution is 2.61. The fourth-order valence-electron chi connectivity index (χ4n) is 3.06. The van der Waals surface area contributed by atoms with Crippen molar-refractivity contribution in [3.63, 3.8) is 0 Å². The maximum Gasteiger partial charge on any atom is 0.401 e. The average molecular weight is 424 g/mol. The zero-order valence-corrected chi connectivity index (χ0v) is 15.7. The molecule has 1 atom stereocenters. The number of aliphatic hydroxyl groups is 1. The second kappa shape index (κ2) is 7.94. The third-order valence-electron chi connectivity index (χ3n) is 4.95. The van der Waals surface area contributed by atoms with Crippen molar-refractivity contribution < 1.29 is 27.5 Å². The lowest BCUT2D eigenvalue weighted by molar-refractivity contribution is -0.183. The van der Waals surface area contributed by atoms with Crippen molar-refractivity contribution in [2.24, 2.45) is 11.1 Å². The lowest BCUT2D eigenvalue weighted by Crippen LogP contribution is -2.41. The molecular weight excluding hydrogens is 404 g/mol. The normalized spacial score (nSPS) is 16.8. The zero-order chi connectivity index (χ0) is 22.1. The SMILES string of the molecule is Nc1cc(F)c(-c2ccc(CC(=O)NC(N)/C=C(\O)C3(C(F)(F)F)CC3)cc2)cn1. The van der Waals surface area contributed by atoms with E-state index in [0.29, 0.717) is 11.1 Å². The number of rotatable bonds is 6. The summed E-state index contributed by atoms with van der Waals surface area (Å²) in [5, 5.41) is 12.1. The molecule has 1 aliphatic rings. The molecule has 1 fully saturated rings. The Balaban J connectivity index is 1.60. The highest BCUT2D eigenvalue weighted by molar-refractivity contribution is 5.79. The van der Waals surface area contributed by atoms with Crippen molar-refractivity contribution in [3.8, 4) is 11.1 Å². The lowest BCUT2D eigenvalue weighted by Gasteiger charge is -2.20. The summed E-state index contributed by atoms with van der Waals surface area (Å²) in [6, 6.07) is 7.51. The van der Waals surface area contributed by atoms with Crippen LogP contribution in [0.25, 0.3) is 11.1 Å². The molecule has 160 valence electrons. The molecule has 1 amide bonds.